The number of ether oxygens (including phenoxy) is 2. The van der Waals surface area contributed by atoms with Gasteiger partial charge in [-0.05, 0) is 65.5 Å². The van der Waals surface area contributed by atoms with Crippen LogP contribution < -0.4 is 5.32 Å². The van der Waals surface area contributed by atoms with Gasteiger partial charge in [-0.25, -0.2) is 14.6 Å². The molecule has 1 aromatic rings. The number of alkyl carbamates (subject to hydrolysis) is 1. The molecule has 31 heavy (non-hydrogen) atoms. The van der Waals surface area contributed by atoms with Crippen LogP contribution in [0.1, 0.15) is 65.4 Å². The summed E-state index contributed by atoms with van der Waals surface area (Å²) in [5.74, 6) is -1.16. The number of carbonyl (C=O) groups is 2. The minimum Gasteiger partial charge on any atom is -0.506 e. The average Bonchev–Trinajstić information content (AvgIpc) is 2.67. The van der Waals surface area contributed by atoms with Gasteiger partial charge in [0.2, 0.25) is 0 Å². The van der Waals surface area contributed by atoms with Crippen LogP contribution in [0.5, 0.6) is 0 Å². The molecule has 1 aliphatic rings. The Kier molecular flexibility index (Phi) is 8.44. The highest BCUT2D eigenvalue weighted by atomic mass is 35.5. The molecule has 0 aromatic carbocycles. The summed E-state index contributed by atoms with van der Waals surface area (Å²) in [4.78, 5) is 33.4. The lowest BCUT2D eigenvalue weighted by Gasteiger charge is -2.35. The molecule has 0 radical (unpaired) electrons. The number of rotatable bonds is 6. The van der Waals surface area contributed by atoms with Gasteiger partial charge in [-0.1, -0.05) is 18.0 Å². The van der Waals surface area contributed by atoms with E-state index < -0.39 is 29.1 Å². The van der Waals surface area contributed by atoms with Crippen molar-refractivity contribution in [2.75, 3.05) is 6.61 Å². The molecule has 8 nitrogen and oxygen atoms in total. The van der Waals surface area contributed by atoms with Crippen LogP contribution in [0.25, 0.3) is 5.76 Å². The van der Waals surface area contributed by atoms with Gasteiger partial charge in [-0.2, -0.15) is 0 Å². The molecule has 2 N–H and O–H groups in total. The van der Waals surface area contributed by atoms with Gasteiger partial charge < -0.3 is 14.6 Å². The second-order valence-corrected chi connectivity index (χ2v) is 8.66. The van der Waals surface area contributed by atoms with Crippen LogP contribution in [-0.2, 0) is 14.3 Å². The Morgan fingerprint density at radius 2 is 2.00 bits per heavy atom. The normalized spacial score (nSPS) is 17.1. The highest BCUT2D eigenvalue weighted by Crippen LogP contribution is 2.30. The number of aromatic nitrogens is 1. The lowest BCUT2D eigenvalue weighted by molar-refractivity contribution is -0.137. The Morgan fingerprint density at radius 3 is 2.58 bits per heavy atom. The molecular weight excluding hydrogens is 422 g/mol. The molecule has 0 unspecified atom stereocenters. The van der Waals surface area contributed by atoms with E-state index in [9.17, 15) is 14.7 Å². The van der Waals surface area contributed by atoms with E-state index in [1.807, 2.05) is 0 Å². The van der Waals surface area contributed by atoms with Gasteiger partial charge >= 0.3 is 12.1 Å². The number of esters is 1. The summed E-state index contributed by atoms with van der Waals surface area (Å²) in [7, 11) is 0. The number of nitrogens with one attached hydrogen (secondary N) is 1. The second-order valence-electron chi connectivity index (χ2n) is 8.30. The number of aliphatic hydroxyl groups excluding tert-OH is 1. The number of aliphatic imine (C=N–C) groups is 1. The molecule has 1 amide bonds. The molecule has 0 saturated heterocycles. The zero-order valence-corrected chi connectivity index (χ0v) is 19.2. The van der Waals surface area contributed by atoms with Crippen LogP contribution >= 0.6 is 11.6 Å². The van der Waals surface area contributed by atoms with Crippen molar-refractivity contribution in [2.24, 2.45) is 4.99 Å². The number of hydrogen-bond donors (Lipinski definition) is 2. The van der Waals surface area contributed by atoms with E-state index in [2.05, 4.69) is 15.3 Å². The Bertz CT molecular complexity index is 855. The number of carbonyl (C=O) groups excluding carboxylic acids is 2. The third kappa shape index (κ3) is 7.24. The zero-order valence-electron chi connectivity index (χ0n) is 18.4. The van der Waals surface area contributed by atoms with Gasteiger partial charge in [-0.15, -0.1) is 0 Å². The third-order valence-electron chi connectivity index (χ3n) is 4.62. The van der Waals surface area contributed by atoms with Crippen LogP contribution in [0.2, 0.25) is 5.15 Å². The summed E-state index contributed by atoms with van der Waals surface area (Å²) in [6.45, 7) is 7.11. The van der Waals surface area contributed by atoms with E-state index in [1.165, 1.54) is 18.5 Å². The van der Waals surface area contributed by atoms with E-state index in [-0.39, 0.29) is 22.9 Å². The summed E-state index contributed by atoms with van der Waals surface area (Å²) in [6, 6.07) is 3.12. The van der Waals surface area contributed by atoms with E-state index in [0.29, 0.717) is 12.8 Å². The first-order chi connectivity index (χ1) is 14.6. The zero-order chi connectivity index (χ0) is 23.1. The highest BCUT2D eigenvalue weighted by Gasteiger charge is 2.35. The molecule has 1 saturated carbocycles. The summed E-state index contributed by atoms with van der Waals surface area (Å²) >= 11 is 6.08. The van der Waals surface area contributed by atoms with E-state index in [0.717, 1.165) is 19.3 Å². The van der Waals surface area contributed by atoms with Gasteiger partial charge in [0.25, 0.3) is 0 Å². The van der Waals surface area contributed by atoms with Crippen molar-refractivity contribution in [2.45, 2.75) is 71.1 Å². The van der Waals surface area contributed by atoms with Crippen molar-refractivity contribution in [3.05, 3.63) is 34.6 Å². The minimum atomic E-state index is -0.947. The van der Waals surface area contributed by atoms with E-state index in [4.69, 9.17) is 21.1 Å². The quantitative estimate of drug-likeness (QED) is 0.211. The van der Waals surface area contributed by atoms with Gasteiger partial charge in [-0.3, -0.25) is 10.3 Å². The molecule has 0 spiro atoms. The minimum absolute atomic E-state index is 0.0365. The van der Waals surface area contributed by atoms with Gasteiger partial charge in [0.05, 0.1) is 12.2 Å². The van der Waals surface area contributed by atoms with Crippen molar-refractivity contribution in [1.82, 2.24) is 10.3 Å². The molecule has 0 bridgehead atoms. The standard InChI is InChI=1S/C22H30ClN3O5/c1-5-30-19(28)16(17(27)15-10-9-13-24-18(15)23)14-25-22(11-7-6-8-12-22)26-20(29)31-21(2,3)4/h9-10,13-14,27H,5-8,11-12H2,1-4H3,(H,26,29). The predicted molar refractivity (Wildman–Crippen MR) is 119 cm³/mol. The maximum absolute atomic E-state index is 12.5. The van der Waals surface area contributed by atoms with E-state index >= 15 is 0 Å². The maximum atomic E-state index is 12.5. The maximum Gasteiger partial charge on any atom is 0.409 e. The third-order valence-corrected chi connectivity index (χ3v) is 4.92. The summed E-state index contributed by atoms with van der Waals surface area (Å²) in [6.07, 6.45) is 5.99. The van der Waals surface area contributed by atoms with Crippen molar-refractivity contribution in [1.29, 1.82) is 0 Å². The Balaban J connectivity index is 2.42. The highest BCUT2D eigenvalue weighted by molar-refractivity contribution is 6.31. The molecule has 2 rings (SSSR count). The van der Waals surface area contributed by atoms with Gasteiger partial charge in [0, 0.05) is 12.4 Å². The number of pyridine rings is 1. The predicted octanol–water partition coefficient (Wildman–Crippen LogP) is 4.82. The Hall–Kier alpha value is -2.61. The van der Waals surface area contributed by atoms with Crippen molar-refractivity contribution >= 4 is 35.6 Å². The van der Waals surface area contributed by atoms with E-state index in [1.54, 1.807) is 33.8 Å². The first-order valence-electron chi connectivity index (χ1n) is 10.3. The first-order valence-corrected chi connectivity index (χ1v) is 10.7. The molecule has 9 heteroatoms. The van der Waals surface area contributed by atoms with Crippen LogP contribution in [0.15, 0.2) is 28.9 Å². The van der Waals surface area contributed by atoms with Gasteiger partial charge in [0.15, 0.2) is 0 Å². The fraction of sp³-hybridized carbons (Fsp3) is 0.545. The fourth-order valence-electron chi connectivity index (χ4n) is 3.23. The van der Waals surface area contributed by atoms with Gasteiger partial charge in [0.1, 0.15) is 27.7 Å². The average molecular weight is 452 g/mol. The van der Waals surface area contributed by atoms with Crippen molar-refractivity contribution in [3.8, 4) is 0 Å². The molecule has 1 heterocycles. The summed E-state index contributed by atoms with van der Waals surface area (Å²) < 4.78 is 10.5. The lowest BCUT2D eigenvalue weighted by Crippen LogP contribution is -2.50. The Labute approximate surface area is 187 Å². The Morgan fingerprint density at radius 1 is 1.32 bits per heavy atom. The fourth-order valence-corrected chi connectivity index (χ4v) is 3.44. The van der Waals surface area contributed by atoms with Crippen molar-refractivity contribution in [3.63, 3.8) is 0 Å². The number of aliphatic hydroxyl groups is 1. The topological polar surface area (TPSA) is 110 Å². The molecule has 1 aliphatic carbocycles. The summed E-state index contributed by atoms with van der Waals surface area (Å²) in [5.41, 5.74) is -1.60. The lowest BCUT2D eigenvalue weighted by atomic mass is 9.89. The molecule has 0 atom stereocenters. The second kappa shape index (κ2) is 10.6. The van der Waals surface area contributed by atoms with Crippen LogP contribution in [0, 0.1) is 0 Å². The molecule has 1 fully saturated rings. The number of hydrogen-bond acceptors (Lipinski definition) is 7. The number of amides is 1. The number of nitrogens with zero attached hydrogens (tertiary/aromatic N) is 2. The molecule has 1 aromatic heterocycles. The van der Waals surface area contributed by atoms with Crippen molar-refractivity contribution < 1.29 is 24.2 Å². The SMILES string of the molecule is CCOC(=O)C(C=NC1(NC(=O)OC(C)(C)C)CCCCC1)=C(O)c1cccnc1Cl. The van der Waals surface area contributed by atoms with Crippen LogP contribution in [0.3, 0.4) is 0 Å². The molecular formula is C22H30ClN3O5. The smallest absolute Gasteiger partial charge is 0.409 e. The molecule has 170 valence electrons. The number of halogens is 1. The van der Waals surface area contributed by atoms with Crippen LogP contribution in [0.4, 0.5) is 4.79 Å². The van der Waals surface area contributed by atoms with Crippen LogP contribution in [-0.4, -0.2) is 46.2 Å². The summed E-state index contributed by atoms with van der Waals surface area (Å²) in [5, 5.41) is 13.6. The largest absolute Gasteiger partial charge is 0.506 e. The first kappa shape index (κ1) is 24.7. The monoisotopic (exact) mass is 451 g/mol. The molecule has 0 aliphatic heterocycles.